The highest BCUT2D eigenvalue weighted by atomic mass is 35.5. The number of carbonyl (C=O) groups excluding carboxylic acids is 1. The predicted molar refractivity (Wildman–Crippen MR) is 99.3 cm³/mol. The fourth-order valence-electron chi connectivity index (χ4n) is 2.70. The Morgan fingerprint density at radius 2 is 2.11 bits per heavy atom. The van der Waals surface area contributed by atoms with E-state index in [2.05, 4.69) is 20.1 Å². The van der Waals surface area contributed by atoms with Gasteiger partial charge in [0.2, 0.25) is 0 Å². The molecule has 4 rings (SSSR count). The molecule has 0 bridgehead atoms. The third kappa shape index (κ3) is 3.67. The van der Waals surface area contributed by atoms with E-state index in [1.54, 1.807) is 25.3 Å². The summed E-state index contributed by atoms with van der Waals surface area (Å²) in [6, 6.07) is 5.96. The van der Waals surface area contributed by atoms with E-state index in [1.165, 1.54) is 35.4 Å². The SMILES string of the molecule is Cc1nc(CC(=O)c2cc(Oc3cncc(Cl)c3)cn3ncnc23)ccc1F. The molecular formula is C19H13ClFN5O2. The lowest BCUT2D eigenvalue weighted by molar-refractivity contribution is 0.0992. The highest BCUT2D eigenvalue weighted by Gasteiger charge is 2.17. The van der Waals surface area contributed by atoms with Crippen LogP contribution in [0.4, 0.5) is 4.39 Å². The van der Waals surface area contributed by atoms with Crippen molar-refractivity contribution in [1.29, 1.82) is 0 Å². The molecule has 0 saturated heterocycles. The zero-order chi connectivity index (χ0) is 19.7. The number of fused-ring (bicyclic) bond motifs is 1. The monoisotopic (exact) mass is 397 g/mol. The number of hydrogen-bond acceptors (Lipinski definition) is 6. The molecular weight excluding hydrogens is 385 g/mol. The standard InChI is InChI=1S/C19H13ClFN5O2/c1-11-17(21)3-2-13(25-11)5-18(27)16-6-15(9-26-19(16)23-10-24-26)28-14-4-12(20)7-22-8-14/h2-4,6-10H,5H2,1H3. The first-order valence-corrected chi connectivity index (χ1v) is 8.64. The molecule has 4 aromatic rings. The zero-order valence-electron chi connectivity index (χ0n) is 14.6. The minimum absolute atomic E-state index is 0.00812. The van der Waals surface area contributed by atoms with Crippen molar-refractivity contribution in [3.63, 3.8) is 0 Å². The Morgan fingerprint density at radius 1 is 1.25 bits per heavy atom. The van der Waals surface area contributed by atoms with E-state index in [9.17, 15) is 9.18 Å². The lowest BCUT2D eigenvalue weighted by Crippen LogP contribution is -2.09. The molecule has 140 valence electrons. The van der Waals surface area contributed by atoms with Crippen molar-refractivity contribution in [2.75, 3.05) is 0 Å². The van der Waals surface area contributed by atoms with Gasteiger partial charge in [0, 0.05) is 18.0 Å². The Hall–Kier alpha value is -3.39. The highest BCUT2D eigenvalue weighted by Crippen LogP contribution is 2.25. The molecule has 7 nitrogen and oxygen atoms in total. The van der Waals surface area contributed by atoms with Gasteiger partial charge in [-0.3, -0.25) is 14.8 Å². The van der Waals surface area contributed by atoms with E-state index in [0.717, 1.165) is 0 Å². The summed E-state index contributed by atoms with van der Waals surface area (Å²) >= 11 is 5.93. The number of ketones is 1. The van der Waals surface area contributed by atoms with Crippen LogP contribution >= 0.6 is 11.6 Å². The maximum Gasteiger partial charge on any atom is 0.172 e. The topological polar surface area (TPSA) is 82.3 Å². The van der Waals surface area contributed by atoms with Crippen molar-refractivity contribution in [3.8, 4) is 11.5 Å². The number of hydrogen-bond donors (Lipinski definition) is 0. The second-order valence-electron chi connectivity index (χ2n) is 6.03. The van der Waals surface area contributed by atoms with Crippen molar-refractivity contribution in [2.24, 2.45) is 0 Å². The molecule has 0 aliphatic rings. The number of aromatic nitrogens is 5. The number of rotatable bonds is 5. The average molecular weight is 398 g/mol. The van der Waals surface area contributed by atoms with Crippen LogP contribution in [0.15, 0.2) is 49.2 Å². The molecule has 4 aromatic heterocycles. The molecule has 0 N–H and O–H groups in total. The van der Waals surface area contributed by atoms with Crippen molar-refractivity contribution in [3.05, 3.63) is 77.0 Å². The van der Waals surface area contributed by atoms with Gasteiger partial charge in [0.1, 0.15) is 23.6 Å². The first-order chi connectivity index (χ1) is 13.5. The predicted octanol–water partition coefficient (Wildman–Crippen LogP) is 3.84. The van der Waals surface area contributed by atoms with Crippen LogP contribution in [0.1, 0.15) is 21.7 Å². The van der Waals surface area contributed by atoms with Gasteiger partial charge in [-0.1, -0.05) is 11.6 Å². The average Bonchev–Trinajstić information content (AvgIpc) is 3.12. The van der Waals surface area contributed by atoms with E-state index < -0.39 is 5.82 Å². The molecule has 0 fully saturated rings. The molecule has 28 heavy (non-hydrogen) atoms. The normalized spacial score (nSPS) is 11.0. The summed E-state index contributed by atoms with van der Waals surface area (Å²) in [6.07, 6.45) is 5.93. The number of pyridine rings is 3. The number of nitrogens with zero attached hydrogens (tertiary/aromatic N) is 5. The van der Waals surface area contributed by atoms with Gasteiger partial charge >= 0.3 is 0 Å². The summed E-state index contributed by atoms with van der Waals surface area (Å²) in [5.41, 5.74) is 1.41. The van der Waals surface area contributed by atoms with Crippen molar-refractivity contribution >= 4 is 23.0 Å². The largest absolute Gasteiger partial charge is 0.454 e. The van der Waals surface area contributed by atoms with Crippen LogP contribution in [0, 0.1) is 12.7 Å². The van der Waals surface area contributed by atoms with Crippen LogP contribution in [0.2, 0.25) is 5.02 Å². The molecule has 0 amide bonds. The van der Waals surface area contributed by atoms with Crippen LogP contribution in [-0.2, 0) is 6.42 Å². The summed E-state index contributed by atoms with van der Waals surface area (Å²) in [7, 11) is 0. The van der Waals surface area contributed by atoms with E-state index in [4.69, 9.17) is 16.3 Å². The molecule has 0 aromatic carbocycles. The molecule has 0 aliphatic carbocycles. The van der Waals surface area contributed by atoms with Gasteiger partial charge in [0.05, 0.1) is 35.1 Å². The Labute approximate surface area is 163 Å². The minimum Gasteiger partial charge on any atom is -0.454 e. The van der Waals surface area contributed by atoms with E-state index >= 15 is 0 Å². The van der Waals surface area contributed by atoms with E-state index in [1.807, 2.05) is 0 Å². The molecule has 0 spiro atoms. The van der Waals surface area contributed by atoms with Crippen molar-refractivity contribution in [2.45, 2.75) is 13.3 Å². The summed E-state index contributed by atoms with van der Waals surface area (Å²) < 4.78 is 20.6. The van der Waals surface area contributed by atoms with Gasteiger partial charge in [0.15, 0.2) is 11.4 Å². The number of aryl methyl sites for hydroxylation is 1. The summed E-state index contributed by atoms with van der Waals surface area (Å²) in [5.74, 6) is 0.127. The summed E-state index contributed by atoms with van der Waals surface area (Å²) in [5, 5.41) is 4.51. The summed E-state index contributed by atoms with van der Waals surface area (Å²) in [6.45, 7) is 1.55. The Bertz CT molecular complexity index is 1190. The van der Waals surface area contributed by atoms with E-state index in [-0.39, 0.29) is 17.9 Å². The zero-order valence-corrected chi connectivity index (χ0v) is 15.4. The Morgan fingerprint density at radius 3 is 2.89 bits per heavy atom. The fraction of sp³-hybridized carbons (Fsp3) is 0.105. The molecule has 0 saturated carbocycles. The Kier molecular flexibility index (Phi) is 4.70. The first kappa shape index (κ1) is 18.0. The van der Waals surface area contributed by atoms with Gasteiger partial charge in [-0.2, -0.15) is 5.10 Å². The maximum atomic E-state index is 13.4. The number of halogens is 2. The third-order valence-corrected chi connectivity index (χ3v) is 4.19. The highest BCUT2D eigenvalue weighted by molar-refractivity contribution is 6.30. The smallest absolute Gasteiger partial charge is 0.172 e. The molecule has 0 aliphatic heterocycles. The minimum atomic E-state index is -0.415. The third-order valence-electron chi connectivity index (χ3n) is 3.99. The van der Waals surface area contributed by atoms with Crippen LogP contribution in [0.3, 0.4) is 0 Å². The van der Waals surface area contributed by atoms with Crippen LogP contribution in [-0.4, -0.2) is 30.3 Å². The number of ether oxygens (including phenoxy) is 1. The van der Waals surface area contributed by atoms with E-state index in [0.29, 0.717) is 33.4 Å². The lowest BCUT2D eigenvalue weighted by Gasteiger charge is -2.09. The van der Waals surface area contributed by atoms with Gasteiger partial charge in [-0.15, -0.1) is 0 Å². The van der Waals surface area contributed by atoms with Gasteiger partial charge in [-0.25, -0.2) is 13.9 Å². The van der Waals surface area contributed by atoms with Gasteiger partial charge < -0.3 is 4.74 Å². The molecule has 0 radical (unpaired) electrons. The second kappa shape index (κ2) is 7.32. The number of Topliss-reactive ketones (excluding diaryl/α,β-unsaturated/α-hetero) is 1. The second-order valence-corrected chi connectivity index (χ2v) is 6.46. The number of carbonyl (C=O) groups is 1. The molecule has 0 unspecified atom stereocenters. The quantitative estimate of drug-likeness (QED) is 0.476. The van der Waals surface area contributed by atoms with Gasteiger partial charge in [0.25, 0.3) is 0 Å². The molecule has 0 atom stereocenters. The fourth-order valence-corrected chi connectivity index (χ4v) is 2.87. The molecule has 9 heteroatoms. The van der Waals surface area contributed by atoms with Crippen LogP contribution in [0.25, 0.3) is 5.65 Å². The Balaban J connectivity index is 1.68. The van der Waals surface area contributed by atoms with Gasteiger partial charge in [-0.05, 0) is 25.1 Å². The van der Waals surface area contributed by atoms with Crippen LogP contribution < -0.4 is 4.74 Å². The van der Waals surface area contributed by atoms with Crippen molar-refractivity contribution < 1.29 is 13.9 Å². The summed E-state index contributed by atoms with van der Waals surface area (Å²) in [4.78, 5) is 25.1. The maximum absolute atomic E-state index is 13.4. The molecule has 4 heterocycles. The van der Waals surface area contributed by atoms with Crippen LogP contribution in [0.5, 0.6) is 11.5 Å². The lowest BCUT2D eigenvalue weighted by atomic mass is 10.1. The first-order valence-electron chi connectivity index (χ1n) is 8.26. The van der Waals surface area contributed by atoms with Crippen molar-refractivity contribution in [1.82, 2.24) is 24.6 Å².